The molecule has 2 unspecified atom stereocenters. The first-order valence-electron chi connectivity index (χ1n) is 7.89. The monoisotopic (exact) mass is 349 g/mol. The highest BCUT2D eigenvalue weighted by Gasteiger charge is 2.33. The van der Waals surface area contributed by atoms with Gasteiger partial charge in [0, 0.05) is 16.4 Å². The van der Waals surface area contributed by atoms with E-state index in [1.54, 1.807) is 30.4 Å². The zero-order valence-corrected chi connectivity index (χ0v) is 14.9. The van der Waals surface area contributed by atoms with Gasteiger partial charge in [0.15, 0.2) is 6.10 Å². The summed E-state index contributed by atoms with van der Waals surface area (Å²) in [5, 5.41) is 2.72. The van der Waals surface area contributed by atoms with E-state index >= 15 is 0 Å². The van der Waals surface area contributed by atoms with E-state index in [1.807, 2.05) is 17.0 Å². The molecule has 1 aromatic heterocycles. The molecule has 23 heavy (non-hydrogen) atoms. The van der Waals surface area contributed by atoms with Gasteiger partial charge in [0.1, 0.15) is 5.75 Å². The van der Waals surface area contributed by atoms with Crippen LogP contribution in [0.15, 0.2) is 35.7 Å². The van der Waals surface area contributed by atoms with Crippen molar-refractivity contribution in [1.82, 2.24) is 4.90 Å². The third-order valence-electron chi connectivity index (χ3n) is 4.22. The fourth-order valence-electron chi connectivity index (χ4n) is 3.13. The lowest BCUT2D eigenvalue weighted by Gasteiger charge is -2.36. The molecular formula is C18H20ClNO2S. The molecule has 0 N–H and O–H groups in total. The number of thiophene rings is 1. The van der Waals surface area contributed by atoms with Gasteiger partial charge < -0.3 is 9.64 Å². The molecule has 0 aliphatic carbocycles. The van der Waals surface area contributed by atoms with Crippen molar-refractivity contribution in [3.63, 3.8) is 0 Å². The SMILES string of the molecule is CCC1c2ccsc2CCN1C(=O)C(C)Oc1cccc(Cl)c1. The second-order valence-corrected chi connectivity index (χ2v) is 7.16. The van der Waals surface area contributed by atoms with E-state index in [4.69, 9.17) is 16.3 Å². The summed E-state index contributed by atoms with van der Waals surface area (Å²) in [4.78, 5) is 16.2. The smallest absolute Gasteiger partial charge is 0.263 e. The van der Waals surface area contributed by atoms with Crippen LogP contribution >= 0.6 is 22.9 Å². The number of hydrogen-bond donors (Lipinski definition) is 0. The lowest BCUT2D eigenvalue weighted by atomic mass is 9.97. The molecule has 0 fully saturated rings. The van der Waals surface area contributed by atoms with Crippen molar-refractivity contribution in [3.8, 4) is 5.75 Å². The van der Waals surface area contributed by atoms with E-state index in [1.165, 1.54) is 10.4 Å². The molecule has 122 valence electrons. The fourth-order valence-corrected chi connectivity index (χ4v) is 4.24. The van der Waals surface area contributed by atoms with Crippen molar-refractivity contribution in [1.29, 1.82) is 0 Å². The summed E-state index contributed by atoms with van der Waals surface area (Å²) in [6.07, 6.45) is 1.32. The van der Waals surface area contributed by atoms with Crippen molar-refractivity contribution in [2.75, 3.05) is 6.54 Å². The molecule has 2 atom stereocenters. The number of rotatable bonds is 4. The summed E-state index contributed by atoms with van der Waals surface area (Å²) < 4.78 is 5.80. The molecule has 1 aromatic carbocycles. The van der Waals surface area contributed by atoms with Gasteiger partial charge in [-0.05, 0) is 55.0 Å². The van der Waals surface area contributed by atoms with Crippen molar-refractivity contribution in [2.24, 2.45) is 0 Å². The summed E-state index contributed by atoms with van der Waals surface area (Å²) in [5.74, 6) is 0.660. The van der Waals surface area contributed by atoms with Crippen LogP contribution in [0.3, 0.4) is 0 Å². The van der Waals surface area contributed by atoms with Gasteiger partial charge in [-0.15, -0.1) is 11.3 Å². The van der Waals surface area contributed by atoms with Crippen LogP contribution in [0.25, 0.3) is 0 Å². The van der Waals surface area contributed by atoms with Crippen LogP contribution in [0.2, 0.25) is 5.02 Å². The maximum Gasteiger partial charge on any atom is 0.263 e. The van der Waals surface area contributed by atoms with E-state index in [0.29, 0.717) is 10.8 Å². The summed E-state index contributed by atoms with van der Waals surface area (Å²) in [6.45, 7) is 4.69. The van der Waals surface area contributed by atoms with Crippen LogP contribution in [0.4, 0.5) is 0 Å². The second-order valence-electron chi connectivity index (χ2n) is 5.72. The van der Waals surface area contributed by atoms with Gasteiger partial charge in [-0.25, -0.2) is 0 Å². The Kier molecular flexibility index (Phi) is 4.93. The maximum absolute atomic E-state index is 12.9. The Morgan fingerprint density at radius 2 is 2.30 bits per heavy atom. The zero-order chi connectivity index (χ0) is 16.4. The zero-order valence-electron chi connectivity index (χ0n) is 13.3. The highest BCUT2D eigenvalue weighted by atomic mass is 35.5. The number of hydrogen-bond acceptors (Lipinski definition) is 3. The lowest BCUT2D eigenvalue weighted by molar-refractivity contribution is -0.141. The molecule has 1 aliphatic heterocycles. The predicted molar refractivity (Wildman–Crippen MR) is 94.3 cm³/mol. The number of amides is 1. The van der Waals surface area contributed by atoms with Crippen LogP contribution in [-0.2, 0) is 11.2 Å². The minimum absolute atomic E-state index is 0.0358. The van der Waals surface area contributed by atoms with E-state index in [2.05, 4.69) is 18.4 Å². The van der Waals surface area contributed by atoms with E-state index < -0.39 is 6.10 Å². The molecule has 1 amide bonds. The summed E-state index contributed by atoms with van der Waals surface area (Å²) in [6, 6.07) is 9.47. The van der Waals surface area contributed by atoms with Gasteiger partial charge >= 0.3 is 0 Å². The number of carbonyl (C=O) groups is 1. The van der Waals surface area contributed by atoms with E-state index in [-0.39, 0.29) is 11.9 Å². The molecule has 0 bridgehead atoms. The van der Waals surface area contributed by atoms with Gasteiger partial charge in [0.25, 0.3) is 5.91 Å². The summed E-state index contributed by atoms with van der Waals surface area (Å²) in [5.41, 5.74) is 1.30. The lowest BCUT2D eigenvalue weighted by Crippen LogP contribution is -2.45. The highest BCUT2D eigenvalue weighted by Crippen LogP contribution is 2.35. The van der Waals surface area contributed by atoms with Crippen LogP contribution in [0.1, 0.15) is 36.8 Å². The van der Waals surface area contributed by atoms with Gasteiger partial charge in [-0.3, -0.25) is 4.79 Å². The first kappa shape index (κ1) is 16.3. The maximum atomic E-state index is 12.9. The standard InChI is InChI=1S/C18H20ClNO2S/c1-3-16-15-8-10-23-17(15)7-9-20(16)18(21)12(2)22-14-6-4-5-13(19)11-14/h4-6,8,10-12,16H,3,7,9H2,1-2H3. The van der Waals surface area contributed by atoms with Gasteiger partial charge in [0.05, 0.1) is 6.04 Å². The van der Waals surface area contributed by atoms with Gasteiger partial charge in [0.2, 0.25) is 0 Å². The van der Waals surface area contributed by atoms with Gasteiger partial charge in [-0.2, -0.15) is 0 Å². The molecule has 1 aliphatic rings. The number of carbonyl (C=O) groups excluding carboxylic acids is 1. The number of ether oxygens (including phenoxy) is 1. The number of benzene rings is 1. The third kappa shape index (κ3) is 3.38. The molecule has 5 heteroatoms. The largest absolute Gasteiger partial charge is 0.481 e. The van der Waals surface area contributed by atoms with Crippen LogP contribution < -0.4 is 4.74 Å². The normalized spacial score (nSPS) is 18.4. The molecule has 0 spiro atoms. The highest BCUT2D eigenvalue weighted by molar-refractivity contribution is 7.10. The van der Waals surface area contributed by atoms with Crippen LogP contribution in [0.5, 0.6) is 5.75 Å². The average Bonchev–Trinajstić information content (AvgIpc) is 3.01. The molecule has 0 radical (unpaired) electrons. The molecule has 3 rings (SSSR count). The molecule has 2 aromatic rings. The topological polar surface area (TPSA) is 29.5 Å². The Bertz CT molecular complexity index is 700. The Morgan fingerprint density at radius 1 is 1.48 bits per heavy atom. The molecule has 2 heterocycles. The van der Waals surface area contributed by atoms with Crippen LogP contribution in [0, 0.1) is 0 Å². The predicted octanol–water partition coefficient (Wildman–Crippen LogP) is 4.70. The Balaban J connectivity index is 1.74. The number of nitrogens with zero attached hydrogens (tertiary/aromatic N) is 1. The Morgan fingerprint density at radius 3 is 3.04 bits per heavy atom. The molecular weight excluding hydrogens is 330 g/mol. The molecule has 0 saturated heterocycles. The quantitative estimate of drug-likeness (QED) is 0.800. The minimum Gasteiger partial charge on any atom is -0.481 e. The van der Waals surface area contributed by atoms with Crippen molar-refractivity contribution in [3.05, 3.63) is 51.2 Å². The first-order valence-corrected chi connectivity index (χ1v) is 9.15. The van der Waals surface area contributed by atoms with Crippen molar-refractivity contribution >= 4 is 28.8 Å². The minimum atomic E-state index is -0.525. The Labute approximate surface area is 145 Å². The first-order chi connectivity index (χ1) is 11.1. The second kappa shape index (κ2) is 6.93. The fraction of sp³-hybridized carbons (Fsp3) is 0.389. The molecule has 0 saturated carbocycles. The number of halogens is 1. The molecule has 3 nitrogen and oxygen atoms in total. The van der Waals surface area contributed by atoms with E-state index in [0.717, 1.165) is 19.4 Å². The average molecular weight is 350 g/mol. The van der Waals surface area contributed by atoms with E-state index in [9.17, 15) is 4.79 Å². The van der Waals surface area contributed by atoms with Crippen molar-refractivity contribution in [2.45, 2.75) is 38.8 Å². The summed E-state index contributed by atoms with van der Waals surface area (Å²) in [7, 11) is 0. The van der Waals surface area contributed by atoms with Crippen LogP contribution in [-0.4, -0.2) is 23.5 Å². The van der Waals surface area contributed by atoms with Crippen molar-refractivity contribution < 1.29 is 9.53 Å². The number of fused-ring (bicyclic) bond motifs is 1. The Hall–Kier alpha value is -1.52. The summed E-state index contributed by atoms with van der Waals surface area (Å²) >= 11 is 7.76. The van der Waals surface area contributed by atoms with Gasteiger partial charge in [-0.1, -0.05) is 24.6 Å². The third-order valence-corrected chi connectivity index (χ3v) is 5.45.